The van der Waals surface area contributed by atoms with E-state index in [1.54, 1.807) is 0 Å². The number of ether oxygens (including phenoxy) is 1. The number of rotatable bonds is 6. The standard InChI is InChI=1S/C12H13NO4S/c1-17-6-7-18(15,16)9-12(14)11-4-2-10(8-13)3-5-11/h2-5H,6-7,9H2,1H3. The SMILES string of the molecule is COCCS(=O)(=O)CC(=O)c1ccc(C#N)cc1. The van der Waals surface area contributed by atoms with E-state index in [1.807, 2.05) is 6.07 Å². The number of carbonyl (C=O) groups is 1. The van der Waals surface area contributed by atoms with Gasteiger partial charge in [-0.3, -0.25) is 4.79 Å². The van der Waals surface area contributed by atoms with Crippen LogP contribution < -0.4 is 0 Å². The number of nitrogens with zero attached hydrogens (tertiary/aromatic N) is 1. The molecule has 0 saturated heterocycles. The summed E-state index contributed by atoms with van der Waals surface area (Å²) in [6.07, 6.45) is 0. The van der Waals surface area contributed by atoms with Gasteiger partial charge in [-0.05, 0) is 12.1 Å². The fraction of sp³-hybridized carbons (Fsp3) is 0.333. The van der Waals surface area contributed by atoms with Gasteiger partial charge in [0.15, 0.2) is 15.6 Å². The van der Waals surface area contributed by atoms with Crippen LogP contribution in [0.5, 0.6) is 0 Å². The molecular weight excluding hydrogens is 254 g/mol. The van der Waals surface area contributed by atoms with Gasteiger partial charge in [0, 0.05) is 12.7 Å². The van der Waals surface area contributed by atoms with E-state index >= 15 is 0 Å². The molecule has 0 amide bonds. The highest BCUT2D eigenvalue weighted by molar-refractivity contribution is 7.92. The fourth-order valence-corrected chi connectivity index (χ4v) is 2.43. The predicted molar refractivity (Wildman–Crippen MR) is 66.0 cm³/mol. The molecule has 0 N–H and O–H groups in total. The van der Waals surface area contributed by atoms with E-state index in [-0.39, 0.29) is 17.9 Å². The van der Waals surface area contributed by atoms with E-state index in [0.29, 0.717) is 5.56 Å². The van der Waals surface area contributed by atoms with Crippen LogP contribution in [0.15, 0.2) is 24.3 Å². The number of ketones is 1. The maximum Gasteiger partial charge on any atom is 0.177 e. The maximum absolute atomic E-state index is 11.7. The number of carbonyl (C=O) groups excluding carboxylic acids is 1. The van der Waals surface area contributed by atoms with Crippen LogP contribution in [-0.4, -0.2) is 39.4 Å². The highest BCUT2D eigenvalue weighted by Crippen LogP contribution is 2.06. The van der Waals surface area contributed by atoms with E-state index in [9.17, 15) is 13.2 Å². The molecule has 18 heavy (non-hydrogen) atoms. The van der Waals surface area contributed by atoms with Crippen LogP contribution in [0.4, 0.5) is 0 Å². The second-order valence-electron chi connectivity index (χ2n) is 3.70. The summed E-state index contributed by atoms with van der Waals surface area (Å²) in [6, 6.07) is 7.79. The van der Waals surface area contributed by atoms with E-state index in [0.717, 1.165) is 0 Å². The monoisotopic (exact) mass is 267 g/mol. The minimum absolute atomic E-state index is 0.0724. The summed E-state index contributed by atoms with van der Waals surface area (Å²) in [5, 5.41) is 8.61. The van der Waals surface area contributed by atoms with Gasteiger partial charge >= 0.3 is 0 Å². The Kier molecular flexibility index (Phi) is 5.01. The van der Waals surface area contributed by atoms with Crippen molar-refractivity contribution in [2.45, 2.75) is 0 Å². The fourth-order valence-electron chi connectivity index (χ4n) is 1.30. The Morgan fingerprint density at radius 3 is 2.44 bits per heavy atom. The highest BCUT2D eigenvalue weighted by atomic mass is 32.2. The lowest BCUT2D eigenvalue weighted by Crippen LogP contribution is -2.21. The zero-order valence-corrected chi connectivity index (χ0v) is 10.7. The number of methoxy groups -OCH3 is 1. The molecule has 1 aromatic rings. The summed E-state index contributed by atoms with van der Waals surface area (Å²) in [5.41, 5.74) is 0.712. The maximum atomic E-state index is 11.7. The van der Waals surface area contributed by atoms with Crippen molar-refractivity contribution in [3.63, 3.8) is 0 Å². The van der Waals surface area contributed by atoms with Crippen LogP contribution >= 0.6 is 0 Å². The number of hydrogen-bond donors (Lipinski definition) is 0. The van der Waals surface area contributed by atoms with E-state index < -0.39 is 21.4 Å². The first-order valence-electron chi connectivity index (χ1n) is 5.21. The Morgan fingerprint density at radius 1 is 1.33 bits per heavy atom. The average Bonchev–Trinajstić information content (AvgIpc) is 2.36. The quantitative estimate of drug-likeness (QED) is 0.712. The van der Waals surface area contributed by atoms with Crippen LogP contribution in [0.1, 0.15) is 15.9 Å². The zero-order chi connectivity index (χ0) is 13.6. The van der Waals surface area contributed by atoms with Crippen molar-refractivity contribution in [3.8, 4) is 6.07 Å². The summed E-state index contributed by atoms with van der Waals surface area (Å²) in [5.74, 6) is -1.19. The van der Waals surface area contributed by atoms with Crippen molar-refractivity contribution < 1.29 is 17.9 Å². The largest absolute Gasteiger partial charge is 0.384 e. The summed E-state index contributed by atoms with van der Waals surface area (Å²) < 4.78 is 27.8. The molecule has 5 nitrogen and oxygen atoms in total. The molecule has 6 heteroatoms. The number of nitriles is 1. The molecule has 0 fully saturated rings. The molecular formula is C12H13NO4S. The molecule has 0 radical (unpaired) electrons. The lowest BCUT2D eigenvalue weighted by atomic mass is 10.1. The third kappa shape index (κ3) is 4.28. The van der Waals surface area contributed by atoms with E-state index in [1.165, 1.54) is 31.4 Å². The van der Waals surface area contributed by atoms with Gasteiger partial charge in [0.05, 0.1) is 24.0 Å². The summed E-state index contributed by atoms with van der Waals surface area (Å²) in [7, 11) is -2.05. The van der Waals surface area contributed by atoms with Gasteiger partial charge in [0.25, 0.3) is 0 Å². The summed E-state index contributed by atoms with van der Waals surface area (Å²) >= 11 is 0. The Bertz CT molecular complexity index is 555. The third-order valence-corrected chi connectivity index (χ3v) is 3.78. The molecule has 0 unspecified atom stereocenters. The lowest BCUT2D eigenvalue weighted by molar-refractivity contribution is 0.102. The van der Waals surface area contributed by atoms with Crippen LogP contribution in [0.2, 0.25) is 0 Å². The second-order valence-corrected chi connectivity index (χ2v) is 5.88. The number of Topliss-reactive ketones (excluding diaryl/α,β-unsaturated/α-hetero) is 1. The first-order valence-corrected chi connectivity index (χ1v) is 7.03. The molecule has 96 valence electrons. The molecule has 0 heterocycles. The zero-order valence-electron chi connectivity index (χ0n) is 9.92. The van der Waals surface area contributed by atoms with Crippen molar-refractivity contribution in [2.75, 3.05) is 25.2 Å². The third-order valence-electron chi connectivity index (χ3n) is 2.29. The van der Waals surface area contributed by atoms with Crippen LogP contribution in [-0.2, 0) is 14.6 Å². The van der Waals surface area contributed by atoms with Crippen LogP contribution in [0.25, 0.3) is 0 Å². The van der Waals surface area contributed by atoms with E-state index in [4.69, 9.17) is 5.26 Å². The minimum atomic E-state index is -3.45. The molecule has 1 aromatic carbocycles. The Balaban J connectivity index is 2.73. The molecule has 0 aliphatic carbocycles. The van der Waals surface area contributed by atoms with Gasteiger partial charge in [-0.1, -0.05) is 12.1 Å². The topological polar surface area (TPSA) is 84.2 Å². The van der Waals surface area contributed by atoms with Crippen molar-refractivity contribution in [1.82, 2.24) is 0 Å². The normalized spacial score (nSPS) is 10.9. The van der Waals surface area contributed by atoms with Gasteiger partial charge in [-0.2, -0.15) is 5.26 Å². The molecule has 1 rings (SSSR count). The average molecular weight is 267 g/mol. The molecule has 0 aliphatic heterocycles. The Morgan fingerprint density at radius 2 is 1.94 bits per heavy atom. The van der Waals surface area contributed by atoms with Crippen molar-refractivity contribution in [1.29, 1.82) is 5.26 Å². The van der Waals surface area contributed by atoms with Crippen LogP contribution in [0.3, 0.4) is 0 Å². The first kappa shape index (κ1) is 14.4. The second kappa shape index (κ2) is 6.28. The van der Waals surface area contributed by atoms with Crippen molar-refractivity contribution >= 4 is 15.6 Å². The summed E-state index contributed by atoms with van der Waals surface area (Å²) in [4.78, 5) is 11.7. The van der Waals surface area contributed by atoms with Crippen molar-refractivity contribution in [3.05, 3.63) is 35.4 Å². The van der Waals surface area contributed by atoms with Gasteiger partial charge < -0.3 is 4.74 Å². The first-order chi connectivity index (χ1) is 8.48. The number of hydrogen-bond acceptors (Lipinski definition) is 5. The smallest absolute Gasteiger partial charge is 0.177 e. The molecule has 0 spiro atoms. The number of sulfone groups is 1. The lowest BCUT2D eigenvalue weighted by Gasteiger charge is -2.03. The predicted octanol–water partition coefficient (Wildman–Crippen LogP) is 0.802. The van der Waals surface area contributed by atoms with Crippen molar-refractivity contribution in [2.24, 2.45) is 0 Å². The van der Waals surface area contributed by atoms with Gasteiger partial charge in [0.1, 0.15) is 5.75 Å². The molecule has 0 aromatic heterocycles. The minimum Gasteiger partial charge on any atom is -0.384 e. The summed E-state index contributed by atoms with van der Waals surface area (Å²) in [6.45, 7) is 0.0724. The Hall–Kier alpha value is -1.71. The van der Waals surface area contributed by atoms with Gasteiger partial charge in [0.2, 0.25) is 0 Å². The molecule has 0 saturated carbocycles. The number of benzene rings is 1. The van der Waals surface area contributed by atoms with Gasteiger partial charge in [-0.15, -0.1) is 0 Å². The molecule has 0 bridgehead atoms. The van der Waals surface area contributed by atoms with Crippen LogP contribution in [0, 0.1) is 11.3 Å². The highest BCUT2D eigenvalue weighted by Gasteiger charge is 2.17. The Labute approximate surface area is 106 Å². The molecule has 0 aliphatic rings. The van der Waals surface area contributed by atoms with Gasteiger partial charge in [-0.25, -0.2) is 8.42 Å². The van der Waals surface area contributed by atoms with E-state index in [2.05, 4.69) is 4.74 Å². The molecule has 0 atom stereocenters.